The van der Waals surface area contributed by atoms with E-state index in [1.807, 2.05) is 32.9 Å². The lowest BCUT2D eigenvalue weighted by Gasteiger charge is -2.24. The third kappa shape index (κ3) is 5.52. The number of carbonyl (C=O) groups is 1. The van der Waals surface area contributed by atoms with E-state index in [0.717, 1.165) is 26.6 Å². The van der Waals surface area contributed by atoms with Gasteiger partial charge in [0.05, 0.1) is 16.3 Å². The summed E-state index contributed by atoms with van der Waals surface area (Å²) in [6, 6.07) is 17.2. The zero-order valence-electron chi connectivity index (χ0n) is 20.7. The summed E-state index contributed by atoms with van der Waals surface area (Å²) in [4.78, 5) is 13.0. The first-order valence-corrected chi connectivity index (χ1v) is 13.0. The summed E-state index contributed by atoms with van der Waals surface area (Å²) in [6.45, 7) is 8.00. The van der Waals surface area contributed by atoms with Gasteiger partial charge in [0.25, 0.3) is 15.9 Å². The SMILES string of the molecule is C/C(=N/NC(=O)CN(c1ccc(C)c(C)c1)S(=O)(=O)c1ccc(C)cc1)c1ccc2c(c1)OCCO2. The number of aryl methyl sites for hydroxylation is 3. The van der Waals surface area contributed by atoms with Gasteiger partial charge in [-0.15, -0.1) is 0 Å². The van der Waals surface area contributed by atoms with Crippen molar-refractivity contribution in [2.24, 2.45) is 5.10 Å². The van der Waals surface area contributed by atoms with Crippen molar-refractivity contribution in [1.82, 2.24) is 5.43 Å². The molecule has 9 heteroatoms. The number of benzene rings is 3. The first kappa shape index (κ1) is 25.2. The van der Waals surface area contributed by atoms with Gasteiger partial charge < -0.3 is 9.47 Å². The molecule has 0 saturated carbocycles. The van der Waals surface area contributed by atoms with E-state index in [1.165, 1.54) is 0 Å². The Labute approximate surface area is 211 Å². The van der Waals surface area contributed by atoms with Crippen LogP contribution in [0.3, 0.4) is 0 Å². The Morgan fingerprint density at radius 3 is 2.31 bits per heavy atom. The Bertz CT molecular complexity index is 1420. The lowest BCUT2D eigenvalue weighted by atomic mass is 10.1. The molecular formula is C27H29N3O5S. The molecule has 0 unspecified atom stereocenters. The smallest absolute Gasteiger partial charge is 0.264 e. The number of carbonyl (C=O) groups excluding carboxylic acids is 1. The molecule has 1 aliphatic heterocycles. The second-order valence-electron chi connectivity index (χ2n) is 8.68. The van der Waals surface area contributed by atoms with Crippen molar-refractivity contribution in [3.05, 3.63) is 82.9 Å². The Morgan fingerprint density at radius 1 is 0.917 bits per heavy atom. The predicted molar refractivity (Wildman–Crippen MR) is 139 cm³/mol. The van der Waals surface area contributed by atoms with Gasteiger partial charge in [-0.25, -0.2) is 13.8 Å². The molecule has 0 atom stereocenters. The number of rotatable bonds is 7. The van der Waals surface area contributed by atoms with Gasteiger partial charge in [0, 0.05) is 5.56 Å². The van der Waals surface area contributed by atoms with Crippen molar-refractivity contribution in [3.63, 3.8) is 0 Å². The molecule has 1 amide bonds. The van der Waals surface area contributed by atoms with Crippen LogP contribution in [0.4, 0.5) is 5.69 Å². The maximum atomic E-state index is 13.6. The molecule has 188 valence electrons. The van der Waals surface area contributed by atoms with E-state index in [4.69, 9.17) is 9.47 Å². The largest absolute Gasteiger partial charge is 0.486 e. The molecule has 1 heterocycles. The Morgan fingerprint density at radius 2 is 1.61 bits per heavy atom. The van der Waals surface area contributed by atoms with Gasteiger partial charge in [-0.3, -0.25) is 9.10 Å². The van der Waals surface area contributed by atoms with Crippen LogP contribution >= 0.6 is 0 Å². The number of ether oxygens (including phenoxy) is 2. The predicted octanol–water partition coefficient (Wildman–Crippen LogP) is 4.12. The normalized spacial score (nSPS) is 13.3. The van der Waals surface area contributed by atoms with Gasteiger partial charge in [0.2, 0.25) is 0 Å². The second kappa shape index (κ2) is 10.4. The van der Waals surface area contributed by atoms with E-state index in [9.17, 15) is 13.2 Å². The number of nitrogens with one attached hydrogen (secondary N) is 1. The van der Waals surface area contributed by atoms with Gasteiger partial charge in [-0.05, 0) is 81.3 Å². The molecule has 3 aromatic rings. The Hall–Kier alpha value is -3.85. The summed E-state index contributed by atoms with van der Waals surface area (Å²) < 4.78 is 39.4. The fraction of sp³-hybridized carbons (Fsp3) is 0.259. The molecule has 0 saturated heterocycles. The number of amides is 1. The summed E-state index contributed by atoms with van der Waals surface area (Å²) in [7, 11) is -4.00. The number of fused-ring (bicyclic) bond motifs is 1. The molecule has 36 heavy (non-hydrogen) atoms. The summed E-state index contributed by atoms with van der Waals surface area (Å²) in [5, 5.41) is 4.19. The number of anilines is 1. The van der Waals surface area contributed by atoms with E-state index in [0.29, 0.717) is 36.1 Å². The van der Waals surface area contributed by atoms with E-state index < -0.39 is 22.5 Å². The summed E-state index contributed by atoms with van der Waals surface area (Å²) >= 11 is 0. The number of hydrogen-bond donors (Lipinski definition) is 1. The summed E-state index contributed by atoms with van der Waals surface area (Å²) in [5.74, 6) is 0.706. The number of hydrogen-bond acceptors (Lipinski definition) is 6. The topological polar surface area (TPSA) is 97.3 Å². The fourth-order valence-electron chi connectivity index (χ4n) is 3.68. The van der Waals surface area contributed by atoms with Crippen molar-refractivity contribution in [2.45, 2.75) is 32.6 Å². The maximum absolute atomic E-state index is 13.6. The van der Waals surface area contributed by atoms with E-state index in [-0.39, 0.29) is 4.90 Å². The van der Waals surface area contributed by atoms with E-state index in [2.05, 4.69) is 10.5 Å². The lowest BCUT2D eigenvalue weighted by molar-refractivity contribution is -0.119. The number of hydrazone groups is 1. The molecule has 0 radical (unpaired) electrons. The summed E-state index contributed by atoms with van der Waals surface area (Å²) in [5.41, 5.74) is 7.07. The highest BCUT2D eigenvalue weighted by Gasteiger charge is 2.27. The lowest BCUT2D eigenvalue weighted by Crippen LogP contribution is -2.39. The van der Waals surface area contributed by atoms with Gasteiger partial charge in [-0.1, -0.05) is 23.8 Å². The number of nitrogens with zero attached hydrogens (tertiary/aromatic N) is 2. The van der Waals surface area contributed by atoms with Gasteiger partial charge in [0.1, 0.15) is 19.8 Å². The molecule has 0 bridgehead atoms. The molecular weight excluding hydrogens is 478 g/mol. The third-order valence-corrected chi connectivity index (χ3v) is 7.77. The van der Waals surface area contributed by atoms with Crippen LogP contribution in [0, 0.1) is 20.8 Å². The molecule has 1 aliphatic rings. The molecule has 1 N–H and O–H groups in total. The molecule has 8 nitrogen and oxygen atoms in total. The second-order valence-corrected chi connectivity index (χ2v) is 10.5. The zero-order chi connectivity index (χ0) is 25.9. The van der Waals surface area contributed by atoms with Crippen molar-refractivity contribution in [1.29, 1.82) is 0 Å². The molecule has 4 rings (SSSR count). The monoisotopic (exact) mass is 507 g/mol. The van der Waals surface area contributed by atoms with Crippen LogP contribution in [0.25, 0.3) is 0 Å². The van der Waals surface area contributed by atoms with Gasteiger partial charge in [0.15, 0.2) is 11.5 Å². The first-order valence-electron chi connectivity index (χ1n) is 11.5. The highest BCUT2D eigenvalue weighted by molar-refractivity contribution is 7.92. The van der Waals surface area contributed by atoms with Crippen LogP contribution < -0.4 is 19.2 Å². The average molecular weight is 508 g/mol. The standard InChI is InChI=1S/C27H29N3O5S/c1-18-5-10-24(11-6-18)36(32,33)30(23-9-7-19(2)20(3)15-23)17-27(31)29-28-21(4)22-8-12-25-26(16-22)35-14-13-34-25/h5-12,15-16H,13-14,17H2,1-4H3,(H,29,31)/b28-21-. The molecule has 0 fully saturated rings. The van der Waals surface area contributed by atoms with Crippen molar-refractivity contribution >= 4 is 27.3 Å². The quantitative estimate of drug-likeness (QED) is 0.383. The molecule has 0 aliphatic carbocycles. The van der Waals surface area contributed by atoms with Crippen molar-refractivity contribution in [3.8, 4) is 11.5 Å². The van der Waals surface area contributed by atoms with Gasteiger partial charge >= 0.3 is 0 Å². The average Bonchev–Trinajstić information content (AvgIpc) is 2.87. The van der Waals surface area contributed by atoms with Crippen LogP contribution in [0.2, 0.25) is 0 Å². The van der Waals surface area contributed by atoms with E-state index >= 15 is 0 Å². The highest BCUT2D eigenvalue weighted by atomic mass is 32.2. The Balaban J connectivity index is 1.58. The third-order valence-electron chi connectivity index (χ3n) is 5.98. The minimum Gasteiger partial charge on any atom is -0.486 e. The first-order chi connectivity index (χ1) is 17.1. The molecule has 0 spiro atoms. The minimum atomic E-state index is -4.00. The molecule has 3 aromatic carbocycles. The van der Waals surface area contributed by atoms with Gasteiger partial charge in [-0.2, -0.15) is 5.10 Å². The van der Waals surface area contributed by atoms with Crippen LogP contribution in [-0.2, 0) is 14.8 Å². The highest BCUT2D eigenvalue weighted by Crippen LogP contribution is 2.31. The van der Waals surface area contributed by atoms with Crippen LogP contribution in [0.5, 0.6) is 11.5 Å². The van der Waals surface area contributed by atoms with Crippen molar-refractivity contribution < 1.29 is 22.7 Å². The number of sulfonamides is 1. The Kier molecular flexibility index (Phi) is 7.30. The van der Waals surface area contributed by atoms with Crippen LogP contribution in [-0.4, -0.2) is 39.8 Å². The zero-order valence-corrected chi connectivity index (χ0v) is 21.6. The summed E-state index contributed by atoms with van der Waals surface area (Å²) in [6.07, 6.45) is 0. The van der Waals surface area contributed by atoms with Crippen LogP contribution in [0.1, 0.15) is 29.2 Å². The van der Waals surface area contributed by atoms with Crippen molar-refractivity contribution in [2.75, 3.05) is 24.1 Å². The minimum absolute atomic E-state index is 0.107. The van der Waals surface area contributed by atoms with E-state index in [1.54, 1.807) is 55.5 Å². The van der Waals surface area contributed by atoms with Crippen LogP contribution in [0.15, 0.2) is 70.7 Å². The molecule has 0 aromatic heterocycles. The fourth-order valence-corrected chi connectivity index (χ4v) is 5.09. The maximum Gasteiger partial charge on any atom is 0.264 e.